The third-order valence-electron chi connectivity index (χ3n) is 4.01. The number of Topliss-reactive ketones (excluding diaryl/α,β-unsaturated/α-hetero) is 1. The predicted octanol–water partition coefficient (Wildman–Crippen LogP) is 2.82. The number of likely N-dealkylation sites (tertiary alicyclic amines) is 1. The van der Waals surface area contributed by atoms with Gasteiger partial charge in [0.1, 0.15) is 5.41 Å². The van der Waals surface area contributed by atoms with Crippen molar-refractivity contribution in [1.82, 2.24) is 4.90 Å². The van der Waals surface area contributed by atoms with Crippen molar-refractivity contribution in [3.05, 3.63) is 48.7 Å². The van der Waals surface area contributed by atoms with Gasteiger partial charge in [-0.1, -0.05) is 50.8 Å². The van der Waals surface area contributed by atoms with E-state index in [0.717, 1.165) is 5.56 Å². The van der Waals surface area contributed by atoms with Crippen LogP contribution in [0.3, 0.4) is 0 Å². The van der Waals surface area contributed by atoms with Crippen LogP contribution >= 0.6 is 0 Å². The first-order valence-corrected chi connectivity index (χ1v) is 7.03. The van der Waals surface area contributed by atoms with Crippen molar-refractivity contribution in [2.24, 2.45) is 11.3 Å². The zero-order chi connectivity index (χ0) is 14.8. The Labute approximate surface area is 120 Å². The number of hydrogen-bond donors (Lipinski definition) is 0. The molecule has 106 valence electrons. The number of carbonyl (C=O) groups is 2. The molecular formula is C17H21NO2. The molecule has 0 radical (unpaired) electrons. The van der Waals surface area contributed by atoms with Gasteiger partial charge in [0, 0.05) is 12.5 Å². The normalized spacial score (nSPS) is 22.4. The molecule has 3 heteroatoms. The Kier molecular flexibility index (Phi) is 4.07. The fourth-order valence-electron chi connectivity index (χ4n) is 2.95. The summed E-state index contributed by atoms with van der Waals surface area (Å²) in [6.07, 6.45) is 2.58. The van der Waals surface area contributed by atoms with E-state index < -0.39 is 5.41 Å². The quantitative estimate of drug-likeness (QED) is 0.772. The minimum absolute atomic E-state index is 0.0377. The highest BCUT2D eigenvalue weighted by molar-refractivity contribution is 6.08. The van der Waals surface area contributed by atoms with Gasteiger partial charge in [0.05, 0.1) is 0 Å². The van der Waals surface area contributed by atoms with E-state index in [0.29, 0.717) is 19.4 Å². The monoisotopic (exact) mass is 271 g/mol. The van der Waals surface area contributed by atoms with E-state index in [1.165, 1.54) is 6.20 Å². The molecule has 1 fully saturated rings. The van der Waals surface area contributed by atoms with Gasteiger partial charge in [-0.15, -0.1) is 0 Å². The van der Waals surface area contributed by atoms with Gasteiger partial charge in [0.25, 0.3) is 0 Å². The second kappa shape index (κ2) is 5.61. The van der Waals surface area contributed by atoms with E-state index in [1.807, 2.05) is 44.2 Å². The van der Waals surface area contributed by atoms with Gasteiger partial charge in [-0.25, -0.2) is 0 Å². The summed E-state index contributed by atoms with van der Waals surface area (Å²) in [4.78, 5) is 26.9. The summed E-state index contributed by atoms with van der Waals surface area (Å²) < 4.78 is 0. The van der Waals surface area contributed by atoms with Gasteiger partial charge in [-0.3, -0.25) is 9.59 Å². The molecule has 1 aromatic rings. The first-order valence-electron chi connectivity index (χ1n) is 7.03. The fourth-order valence-corrected chi connectivity index (χ4v) is 2.95. The van der Waals surface area contributed by atoms with E-state index in [2.05, 4.69) is 6.58 Å². The summed E-state index contributed by atoms with van der Waals surface area (Å²) in [6, 6.07) is 9.76. The lowest BCUT2D eigenvalue weighted by Crippen LogP contribution is -2.43. The second-order valence-corrected chi connectivity index (χ2v) is 5.69. The SMILES string of the molecule is C=CN1CCC(Cc2ccccc2)(C(=O)C(C)C)C1=O. The van der Waals surface area contributed by atoms with Crippen LogP contribution in [0.2, 0.25) is 0 Å². The van der Waals surface area contributed by atoms with Gasteiger partial charge in [0.2, 0.25) is 5.91 Å². The van der Waals surface area contributed by atoms with Crippen LogP contribution in [-0.4, -0.2) is 23.1 Å². The van der Waals surface area contributed by atoms with Crippen LogP contribution in [-0.2, 0) is 16.0 Å². The Hall–Kier alpha value is -1.90. The molecule has 1 heterocycles. The van der Waals surface area contributed by atoms with Gasteiger partial charge in [-0.05, 0) is 24.6 Å². The molecule has 0 aliphatic carbocycles. The van der Waals surface area contributed by atoms with E-state index in [-0.39, 0.29) is 17.6 Å². The Morgan fingerprint density at radius 1 is 1.40 bits per heavy atom. The smallest absolute Gasteiger partial charge is 0.240 e. The summed E-state index contributed by atoms with van der Waals surface area (Å²) in [5.74, 6) is -0.210. The zero-order valence-electron chi connectivity index (χ0n) is 12.1. The number of ketones is 1. The summed E-state index contributed by atoms with van der Waals surface area (Å²) >= 11 is 0. The van der Waals surface area contributed by atoms with Crippen molar-refractivity contribution in [3.8, 4) is 0 Å². The van der Waals surface area contributed by atoms with Crippen LogP contribution in [0.4, 0.5) is 0 Å². The minimum atomic E-state index is -0.913. The van der Waals surface area contributed by atoms with Crippen LogP contribution in [0.1, 0.15) is 25.8 Å². The second-order valence-electron chi connectivity index (χ2n) is 5.69. The standard InChI is InChI=1S/C17H21NO2/c1-4-18-11-10-17(16(18)20,15(19)13(2)3)12-14-8-6-5-7-9-14/h4-9,13H,1,10-12H2,2-3H3. The molecule has 1 saturated heterocycles. The molecule has 20 heavy (non-hydrogen) atoms. The lowest BCUT2D eigenvalue weighted by Gasteiger charge is -2.27. The highest BCUT2D eigenvalue weighted by Crippen LogP contribution is 2.38. The Balaban J connectivity index is 2.38. The Bertz CT molecular complexity index is 521. The molecule has 1 amide bonds. The maximum Gasteiger partial charge on any atom is 0.240 e. The maximum absolute atomic E-state index is 12.7. The third-order valence-corrected chi connectivity index (χ3v) is 4.01. The number of rotatable bonds is 5. The van der Waals surface area contributed by atoms with Crippen molar-refractivity contribution in [3.63, 3.8) is 0 Å². The zero-order valence-corrected chi connectivity index (χ0v) is 12.1. The first kappa shape index (κ1) is 14.5. The molecule has 0 N–H and O–H groups in total. The van der Waals surface area contributed by atoms with Gasteiger partial charge >= 0.3 is 0 Å². The summed E-state index contributed by atoms with van der Waals surface area (Å²) in [7, 11) is 0. The van der Waals surface area contributed by atoms with Gasteiger partial charge in [0.15, 0.2) is 5.78 Å². The molecule has 0 bridgehead atoms. The van der Waals surface area contributed by atoms with E-state index in [1.54, 1.807) is 4.90 Å². The molecule has 3 nitrogen and oxygen atoms in total. The largest absolute Gasteiger partial charge is 0.319 e. The molecule has 1 unspecified atom stereocenters. The molecular weight excluding hydrogens is 250 g/mol. The van der Waals surface area contributed by atoms with Crippen LogP contribution in [0.25, 0.3) is 0 Å². The van der Waals surface area contributed by atoms with E-state index >= 15 is 0 Å². The molecule has 2 rings (SSSR count). The molecule has 0 spiro atoms. The van der Waals surface area contributed by atoms with E-state index in [4.69, 9.17) is 0 Å². The van der Waals surface area contributed by atoms with Gasteiger partial charge in [-0.2, -0.15) is 0 Å². The average Bonchev–Trinajstić information content (AvgIpc) is 2.77. The molecule has 1 aliphatic heterocycles. The number of carbonyl (C=O) groups excluding carboxylic acids is 2. The summed E-state index contributed by atoms with van der Waals surface area (Å²) in [5.41, 5.74) is 0.115. The van der Waals surface area contributed by atoms with Gasteiger partial charge < -0.3 is 4.90 Å². The molecule has 0 saturated carbocycles. The van der Waals surface area contributed by atoms with Crippen molar-refractivity contribution in [1.29, 1.82) is 0 Å². The van der Waals surface area contributed by atoms with Crippen molar-refractivity contribution < 1.29 is 9.59 Å². The van der Waals surface area contributed by atoms with Crippen LogP contribution < -0.4 is 0 Å². The highest BCUT2D eigenvalue weighted by Gasteiger charge is 2.51. The Morgan fingerprint density at radius 3 is 2.55 bits per heavy atom. The van der Waals surface area contributed by atoms with Crippen molar-refractivity contribution >= 4 is 11.7 Å². The molecule has 1 aliphatic rings. The number of hydrogen-bond acceptors (Lipinski definition) is 2. The minimum Gasteiger partial charge on any atom is -0.319 e. The lowest BCUT2D eigenvalue weighted by molar-refractivity contribution is -0.144. The third kappa shape index (κ3) is 2.40. The van der Waals surface area contributed by atoms with Crippen LogP contribution in [0.15, 0.2) is 43.1 Å². The molecule has 0 aromatic heterocycles. The Morgan fingerprint density at radius 2 is 2.05 bits per heavy atom. The summed E-state index contributed by atoms with van der Waals surface area (Å²) in [6.45, 7) is 7.96. The van der Waals surface area contributed by atoms with Crippen LogP contribution in [0, 0.1) is 11.3 Å². The van der Waals surface area contributed by atoms with Crippen LogP contribution in [0.5, 0.6) is 0 Å². The predicted molar refractivity (Wildman–Crippen MR) is 79.0 cm³/mol. The topological polar surface area (TPSA) is 37.4 Å². The van der Waals surface area contributed by atoms with E-state index in [9.17, 15) is 9.59 Å². The molecule has 1 atom stereocenters. The lowest BCUT2D eigenvalue weighted by atomic mass is 9.73. The fraction of sp³-hybridized carbons (Fsp3) is 0.412. The van der Waals surface area contributed by atoms with Crippen molar-refractivity contribution in [2.75, 3.05) is 6.54 Å². The molecule has 1 aromatic carbocycles. The first-order chi connectivity index (χ1) is 9.51. The van der Waals surface area contributed by atoms with Crippen molar-refractivity contribution in [2.45, 2.75) is 26.7 Å². The maximum atomic E-state index is 12.7. The average molecular weight is 271 g/mol. The highest BCUT2D eigenvalue weighted by atomic mass is 16.2. The number of amides is 1. The number of nitrogens with zero attached hydrogens (tertiary/aromatic N) is 1. The number of benzene rings is 1. The summed E-state index contributed by atoms with van der Waals surface area (Å²) in [5, 5.41) is 0.